The van der Waals surface area contributed by atoms with E-state index in [-0.39, 0.29) is 5.60 Å². The summed E-state index contributed by atoms with van der Waals surface area (Å²) < 4.78 is 6.21. The average Bonchev–Trinajstić information content (AvgIpc) is 3.17. The van der Waals surface area contributed by atoms with Crippen molar-refractivity contribution in [1.29, 1.82) is 0 Å². The van der Waals surface area contributed by atoms with Gasteiger partial charge in [-0.2, -0.15) is 5.10 Å². The molecule has 6 heteroatoms. The number of nitrogens with zero attached hydrogens (tertiary/aromatic N) is 4. The number of pyridine rings is 1. The van der Waals surface area contributed by atoms with Gasteiger partial charge in [0, 0.05) is 38.4 Å². The third-order valence-corrected chi connectivity index (χ3v) is 4.88. The van der Waals surface area contributed by atoms with E-state index in [4.69, 9.17) is 4.74 Å². The molecule has 0 radical (unpaired) electrons. The Kier molecular flexibility index (Phi) is 4.16. The van der Waals surface area contributed by atoms with Crippen molar-refractivity contribution in [2.24, 2.45) is 0 Å². The lowest BCUT2D eigenvalue weighted by molar-refractivity contribution is 0.0120. The smallest absolute Gasteiger partial charge is 0.148 e. The summed E-state index contributed by atoms with van der Waals surface area (Å²) in [5.74, 6) is 0.830. The van der Waals surface area contributed by atoms with Crippen LogP contribution in [0.3, 0.4) is 0 Å². The molecule has 6 nitrogen and oxygen atoms in total. The Morgan fingerprint density at radius 1 is 1.33 bits per heavy atom. The van der Waals surface area contributed by atoms with E-state index in [0.717, 1.165) is 50.6 Å². The highest BCUT2D eigenvalue weighted by atomic mass is 16.5. The first kappa shape index (κ1) is 15.5. The highest BCUT2D eigenvalue weighted by Crippen LogP contribution is 2.36. The molecule has 126 valence electrons. The Hall–Kier alpha value is -2.05. The van der Waals surface area contributed by atoms with Gasteiger partial charge in [0.2, 0.25) is 0 Å². The number of aromatic nitrogens is 3. The number of hydrogen-bond donors (Lipinski definition) is 1. The minimum Gasteiger partial charge on any atom is -0.371 e. The van der Waals surface area contributed by atoms with Crippen molar-refractivity contribution in [3.05, 3.63) is 47.9 Å². The molecule has 1 N–H and O–H groups in total. The zero-order valence-corrected chi connectivity index (χ0v) is 14.0. The molecule has 1 spiro atoms. The summed E-state index contributed by atoms with van der Waals surface area (Å²) in [6.45, 7) is 5.68. The zero-order valence-electron chi connectivity index (χ0n) is 14.0. The van der Waals surface area contributed by atoms with Crippen LogP contribution in [0.15, 0.2) is 36.7 Å². The molecule has 2 unspecified atom stereocenters. The molecular formula is C18H23N5O. The van der Waals surface area contributed by atoms with E-state index in [9.17, 15) is 0 Å². The van der Waals surface area contributed by atoms with Crippen molar-refractivity contribution in [2.45, 2.75) is 38.0 Å². The highest BCUT2D eigenvalue weighted by Gasteiger charge is 2.45. The predicted octanol–water partition coefficient (Wildman–Crippen LogP) is 2.03. The summed E-state index contributed by atoms with van der Waals surface area (Å²) in [7, 11) is 0. The van der Waals surface area contributed by atoms with Crippen molar-refractivity contribution < 1.29 is 4.74 Å². The summed E-state index contributed by atoms with van der Waals surface area (Å²) in [6.07, 6.45) is 5.87. The molecule has 4 rings (SSSR count). The van der Waals surface area contributed by atoms with Crippen LogP contribution in [-0.2, 0) is 11.3 Å². The van der Waals surface area contributed by atoms with Crippen LogP contribution in [-0.4, -0.2) is 51.4 Å². The van der Waals surface area contributed by atoms with Crippen LogP contribution in [0.25, 0.3) is 0 Å². The third kappa shape index (κ3) is 3.39. The number of anilines is 1. The van der Waals surface area contributed by atoms with E-state index in [1.165, 1.54) is 5.56 Å². The van der Waals surface area contributed by atoms with Crippen molar-refractivity contribution in [1.82, 2.24) is 20.1 Å². The molecule has 0 aromatic carbocycles. The summed E-state index contributed by atoms with van der Waals surface area (Å²) in [5, 5.41) is 11.8. The van der Waals surface area contributed by atoms with Crippen molar-refractivity contribution in [3.63, 3.8) is 0 Å². The average molecular weight is 325 g/mol. The Morgan fingerprint density at radius 2 is 2.29 bits per heavy atom. The van der Waals surface area contributed by atoms with Crippen LogP contribution in [0.1, 0.15) is 24.1 Å². The fourth-order valence-corrected chi connectivity index (χ4v) is 3.72. The second kappa shape index (κ2) is 6.45. The van der Waals surface area contributed by atoms with Crippen molar-refractivity contribution >= 4 is 5.82 Å². The summed E-state index contributed by atoms with van der Waals surface area (Å²) in [5.41, 5.74) is 2.18. The van der Waals surface area contributed by atoms with Gasteiger partial charge in [0.25, 0.3) is 0 Å². The van der Waals surface area contributed by atoms with Gasteiger partial charge < -0.3 is 10.1 Å². The standard InChI is InChI=1S/C18H23N5O/c1-14-4-5-17(22-21-14)20-16-9-18(24-12-16)6-8-23(13-18)11-15-3-2-7-19-10-15/h2-5,7,10,16H,6,8-9,11-13H2,1H3,(H,20,22). The monoisotopic (exact) mass is 325 g/mol. The topological polar surface area (TPSA) is 63.2 Å². The Bertz CT molecular complexity index is 678. The minimum atomic E-state index is -0.0159. The molecule has 2 aliphatic rings. The number of rotatable bonds is 4. The second-order valence-corrected chi connectivity index (χ2v) is 6.92. The number of nitrogens with one attached hydrogen (secondary N) is 1. The summed E-state index contributed by atoms with van der Waals surface area (Å²) in [6, 6.07) is 8.40. The Labute approximate surface area is 142 Å². The van der Waals surface area contributed by atoms with Gasteiger partial charge in [-0.05, 0) is 37.1 Å². The van der Waals surface area contributed by atoms with Gasteiger partial charge in [0.05, 0.1) is 23.9 Å². The Morgan fingerprint density at radius 3 is 3.08 bits per heavy atom. The maximum atomic E-state index is 6.21. The minimum absolute atomic E-state index is 0.0159. The van der Waals surface area contributed by atoms with Crippen molar-refractivity contribution in [2.75, 3.05) is 25.0 Å². The molecule has 2 aromatic heterocycles. The molecule has 4 heterocycles. The third-order valence-electron chi connectivity index (χ3n) is 4.88. The SMILES string of the molecule is Cc1ccc(NC2COC3(CCN(Cc4cccnc4)C3)C2)nn1. The number of hydrogen-bond acceptors (Lipinski definition) is 6. The van der Waals surface area contributed by atoms with E-state index in [0.29, 0.717) is 6.04 Å². The van der Waals surface area contributed by atoms with E-state index in [1.807, 2.05) is 37.5 Å². The molecule has 2 fully saturated rings. The highest BCUT2D eigenvalue weighted by molar-refractivity contribution is 5.34. The fourth-order valence-electron chi connectivity index (χ4n) is 3.72. The Balaban J connectivity index is 1.33. The molecule has 2 saturated heterocycles. The van der Waals surface area contributed by atoms with Gasteiger partial charge in [-0.1, -0.05) is 6.07 Å². The first-order valence-corrected chi connectivity index (χ1v) is 8.53. The molecule has 24 heavy (non-hydrogen) atoms. The number of likely N-dealkylation sites (tertiary alicyclic amines) is 1. The molecule has 2 atom stereocenters. The van der Waals surface area contributed by atoms with E-state index >= 15 is 0 Å². The lowest BCUT2D eigenvalue weighted by atomic mass is 9.97. The zero-order chi connectivity index (χ0) is 16.4. The number of ether oxygens (including phenoxy) is 1. The lowest BCUT2D eigenvalue weighted by Gasteiger charge is -2.23. The van der Waals surface area contributed by atoms with Crippen molar-refractivity contribution in [3.8, 4) is 0 Å². The van der Waals surface area contributed by atoms with Crippen LogP contribution in [0.5, 0.6) is 0 Å². The van der Waals surface area contributed by atoms with Gasteiger partial charge >= 0.3 is 0 Å². The molecule has 0 aliphatic carbocycles. The second-order valence-electron chi connectivity index (χ2n) is 6.92. The molecule has 0 bridgehead atoms. The molecule has 0 saturated carbocycles. The molecular weight excluding hydrogens is 302 g/mol. The molecule has 2 aliphatic heterocycles. The maximum Gasteiger partial charge on any atom is 0.148 e. The van der Waals surface area contributed by atoms with E-state index in [1.54, 1.807) is 0 Å². The van der Waals surface area contributed by atoms with Gasteiger partial charge in [0.15, 0.2) is 0 Å². The van der Waals surface area contributed by atoms with Crippen LogP contribution < -0.4 is 5.32 Å². The van der Waals surface area contributed by atoms with Gasteiger partial charge in [-0.3, -0.25) is 9.88 Å². The van der Waals surface area contributed by atoms with E-state index in [2.05, 4.69) is 31.5 Å². The van der Waals surface area contributed by atoms with Crippen LogP contribution in [0.2, 0.25) is 0 Å². The number of aryl methyl sites for hydroxylation is 1. The quantitative estimate of drug-likeness (QED) is 0.928. The largest absolute Gasteiger partial charge is 0.371 e. The van der Waals surface area contributed by atoms with Crippen LogP contribution in [0, 0.1) is 6.92 Å². The van der Waals surface area contributed by atoms with Crippen LogP contribution >= 0.6 is 0 Å². The van der Waals surface area contributed by atoms with Gasteiger partial charge in [0.1, 0.15) is 5.82 Å². The normalized spacial score (nSPS) is 27.0. The fraction of sp³-hybridized carbons (Fsp3) is 0.500. The van der Waals surface area contributed by atoms with Crippen LogP contribution in [0.4, 0.5) is 5.82 Å². The van der Waals surface area contributed by atoms with Gasteiger partial charge in [-0.15, -0.1) is 5.10 Å². The predicted molar refractivity (Wildman–Crippen MR) is 91.6 cm³/mol. The summed E-state index contributed by atoms with van der Waals surface area (Å²) >= 11 is 0. The lowest BCUT2D eigenvalue weighted by Crippen LogP contribution is -2.33. The first-order chi connectivity index (χ1) is 11.7. The van der Waals surface area contributed by atoms with E-state index < -0.39 is 0 Å². The molecule has 2 aromatic rings. The summed E-state index contributed by atoms with van der Waals surface area (Å²) in [4.78, 5) is 6.66. The molecule has 0 amide bonds. The maximum absolute atomic E-state index is 6.21. The first-order valence-electron chi connectivity index (χ1n) is 8.53. The van der Waals surface area contributed by atoms with Gasteiger partial charge in [-0.25, -0.2) is 0 Å².